The molecule has 2 aliphatic heterocycles. The van der Waals surface area contributed by atoms with Crippen molar-refractivity contribution in [3.63, 3.8) is 0 Å². The van der Waals surface area contributed by atoms with E-state index in [2.05, 4.69) is 0 Å². The van der Waals surface area contributed by atoms with Gasteiger partial charge in [0.05, 0.1) is 0 Å². The van der Waals surface area contributed by atoms with E-state index < -0.39 is 0 Å². The van der Waals surface area contributed by atoms with Crippen LogP contribution in [0.4, 0.5) is 0 Å². The summed E-state index contributed by atoms with van der Waals surface area (Å²) >= 11 is 0. The predicted octanol–water partition coefficient (Wildman–Crippen LogP) is 3.69. The molecule has 30 heavy (non-hydrogen) atoms. The Kier molecular flexibility index (Phi) is 4.87. The summed E-state index contributed by atoms with van der Waals surface area (Å²) in [4.78, 5) is 27.3. The Hall–Kier alpha value is -3.34. The molecule has 2 unspecified atom stereocenters. The number of carbonyl (C=O) groups excluding carboxylic acids is 1. The highest BCUT2D eigenvalue weighted by Crippen LogP contribution is 2.35. The number of para-hydroxylation sites is 1. The van der Waals surface area contributed by atoms with Crippen LogP contribution in [0, 0.1) is 5.92 Å². The number of benzene rings is 2. The minimum Gasteiger partial charge on any atom is -0.489 e. The van der Waals surface area contributed by atoms with Crippen molar-refractivity contribution in [1.29, 1.82) is 0 Å². The number of rotatable bonds is 4. The number of pyridine rings is 1. The van der Waals surface area contributed by atoms with Crippen molar-refractivity contribution in [3.8, 4) is 5.75 Å². The summed E-state index contributed by atoms with van der Waals surface area (Å²) in [7, 11) is 0. The van der Waals surface area contributed by atoms with Crippen LogP contribution in [0.2, 0.25) is 0 Å². The van der Waals surface area contributed by atoms with Crippen molar-refractivity contribution in [2.24, 2.45) is 5.92 Å². The lowest BCUT2D eigenvalue weighted by atomic mass is 9.83. The number of nitrogens with zero attached hydrogens (tertiary/aromatic N) is 2. The molecule has 5 heteroatoms. The molecule has 2 bridgehead atoms. The summed E-state index contributed by atoms with van der Waals surface area (Å²) < 4.78 is 7.67. The van der Waals surface area contributed by atoms with Crippen LogP contribution in [-0.4, -0.2) is 28.5 Å². The average molecular weight is 400 g/mol. The van der Waals surface area contributed by atoms with Gasteiger partial charge < -0.3 is 14.2 Å². The molecule has 0 radical (unpaired) electrons. The average Bonchev–Trinajstić information content (AvgIpc) is 2.79. The van der Waals surface area contributed by atoms with Gasteiger partial charge in [0.25, 0.3) is 11.5 Å². The van der Waals surface area contributed by atoms with E-state index >= 15 is 0 Å². The van der Waals surface area contributed by atoms with E-state index in [0.717, 1.165) is 23.4 Å². The monoisotopic (exact) mass is 400 g/mol. The van der Waals surface area contributed by atoms with Gasteiger partial charge in [-0.05, 0) is 48.2 Å². The minimum atomic E-state index is 0.0620. The van der Waals surface area contributed by atoms with Gasteiger partial charge in [-0.25, -0.2) is 0 Å². The van der Waals surface area contributed by atoms with Gasteiger partial charge in [0.2, 0.25) is 0 Å². The van der Waals surface area contributed by atoms with E-state index in [9.17, 15) is 9.59 Å². The van der Waals surface area contributed by atoms with Gasteiger partial charge in [-0.2, -0.15) is 0 Å². The molecule has 1 aromatic heterocycles. The van der Waals surface area contributed by atoms with Crippen LogP contribution in [0.5, 0.6) is 5.75 Å². The maximum Gasteiger partial charge on any atom is 0.253 e. The second-order valence-electron chi connectivity index (χ2n) is 8.21. The fourth-order valence-electron chi connectivity index (χ4n) is 4.67. The zero-order valence-corrected chi connectivity index (χ0v) is 16.7. The molecule has 152 valence electrons. The van der Waals surface area contributed by atoms with Crippen LogP contribution in [-0.2, 0) is 13.2 Å². The zero-order valence-electron chi connectivity index (χ0n) is 16.7. The Morgan fingerprint density at radius 2 is 1.70 bits per heavy atom. The Bertz CT molecular complexity index is 1110. The molecule has 0 aliphatic carbocycles. The summed E-state index contributed by atoms with van der Waals surface area (Å²) in [5.41, 5.74) is 2.85. The molecule has 1 saturated heterocycles. The third kappa shape index (κ3) is 3.63. The second-order valence-corrected chi connectivity index (χ2v) is 8.21. The molecule has 3 aromatic rings. The van der Waals surface area contributed by atoms with Gasteiger partial charge in [0.1, 0.15) is 12.4 Å². The molecule has 0 saturated carbocycles. The largest absolute Gasteiger partial charge is 0.489 e. The fourth-order valence-corrected chi connectivity index (χ4v) is 4.67. The highest BCUT2D eigenvalue weighted by Gasteiger charge is 2.36. The maximum atomic E-state index is 13.1. The Morgan fingerprint density at radius 3 is 2.50 bits per heavy atom. The van der Waals surface area contributed by atoms with Gasteiger partial charge in [-0.15, -0.1) is 0 Å². The number of hydrogen-bond acceptors (Lipinski definition) is 3. The Labute approximate surface area is 175 Å². The number of fused-ring (bicyclic) bond motifs is 4. The summed E-state index contributed by atoms with van der Waals surface area (Å²) in [6, 6.07) is 22.8. The molecule has 3 heterocycles. The van der Waals surface area contributed by atoms with Gasteiger partial charge in [-0.1, -0.05) is 36.4 Å². The van der Waals surface area contributed by atoms with Crippen LogP contribution < -0.4 is 10.3 Å². The van der Waals surface area contributed by atoms with E-state index in [1.807, 2.05) is 76.2 Å². The Morgan fingerprint density at radius 1 is 0.900 bits per heavy atom. The number of piperidine rings is 1. The number of aromatic nitrogens is 1. The fraction of sp³-hybridized carbons (Fsp3) is 0.280. The van der Waals surface area contributed by atoms with Crippen molar-refractivity contribution in [3.05, 3.63) is 100.0 Å². The van der Waals surface area contributed by atoms with Gasteiger partial charge in [0.15, 0.2) is 0 Å². The predicted molar refractivity (Wildman–Crippen MR) is 115 cm³/mol. The maximum absolute atomic E-state index is 13.1. The zero-order chi connectivity index (χ0) is 20.5. The first-order chi connectivity index (χ1) is 14.7. The number of hydrogen-bond donors (Lipinski definition) is 0. The third-order valence-corrected chi connectivity index (χ3v) is 6.12. The molecule has 5 nitrogen and oxygen atoms in total. The smallest absolute Gasteiger partial charge is 0.253 e. The number of likely N-dealkylation sites (tertiary alicyclic amines) is 1. The summed E-state index contributed by atoms with van der Waals surface area (Å²) in [5, 5.41) is 0. The van der Waals surface area contributed by atoms with Gasteiger partial charge >= 0.3 is 0 Å². The van der Waals surface area contributed by atoms with Gasteiger partial charge in [0, 0.05) is 42.9 Å². The molecule has 1 fully saturated rings. The van der Waals surface area contributed by atoms with Crippen LogP contribution in [0.3, 0.4) is 0 Å². The first-order valence-corrected chi connectivity index (χ1v) is 10.4. The molecular weight excluding hydrogens is 376 g/mol. The standard InChI is InChI=1S/C25H24N2O3/c28-24-8-4-7-23-21-13-19(15-27(23)24)14-26(16-21)25(29)20-11-9-18(10-12-20)17-30-22-5-2-1-3-6-22/h1-12,19,21H,13-17H2. The number of amides is 1. The molecule has 0 spiro atoms. The van der Waals surface area contributed by atoms with Crippen molar-refractivity contribution in [1.82, 2.24) is 9.47 Å². The number of carbonyl (C=O) groups is 1. The van der Waals surface area contributed by atoms with Crippen molar-refractivity contribution in [2.75, 3.05) is 13.1 Å². The lowest BCUT2D eigenvalue weighted by molar-refractivity contribution is 0.0594. The van der Waals surface area contributed by atoms with Crippen molar-refractivity contribution in [2.45, 2.75) is 25.5 Å². The highest BCUT2D eigenvalue weighted by atomic mass is 16.5. The van der Waals surface area contributed by atoms with Crippen molar-refractivity contribution < 1.29 is 9.53 Å². The normalized spacial score (nSPS) is 19.8. The lowest BCUT2D eigenvalue weighted by Crippen LogP contribution is -2.49. The number of ether oxygens (including phenoxy) is 1. The summed E-state index contributed by atoms with van der Waals surface area (Å²) in [6.45, 7) is 2.54. The third-order valence-electron chi connectivity index (χ3n) is 6.12. The van der Waals surface area contributed by atoms with Crippen LogP contribution in [0.15, 0.2) is 77.6 Å². The van der Waals surface area contributed by atoms with Crippen LogP contribution in [0.1, 0.15) is 34.0 Å². The summed E-state index contributed by atoms with van der Waals surface area (Å²) in [5.74, 6) is 1.46. The molecule has 2 aromatic carbocycles. The summed E-state index contributed by atoms with van der Waals surface area (Å²) in [6.07, 6.45) is 1.04. The molecule has 0 N–H and O–H groups in total. The molecule has 5 rings (SSSR count). The molecule has 2 atom stereocenters. The van der Waals surface area contributed by atoms with Crippen LogP contribution >= 0.6 is 0 Å². The first-order valence-electron chi connectivity index (χ1n) is 10.4. The van der Waals surface area contributed by atoms with E-state index in [-0.39, 0.29) is 17.4 Å². The van der Waals surface area contributed by atoms with E-state index in [1.54, 1.807) is 6.07 Å². The van der Waals surface area contributed by atoms with Crippen molar-refractivity contribution >= 4 is 5.91 Å². The quantitative estimate of drug-likeness (QED) is 0.671. The second kappa shape index (κ2) is 7.82. The highest BCUT2D eigenvalue weighted by molar-refractivity contribution is 5.94. The van der Waals surface area contributed by atoms with E-state index in [4.69, 9.17) is 4.74 Å². The minimum absolute atomic E-state index is 0.0620. The van der Waals surface area contributed by atoms with Crippen LogP contribution in [0.25, 0.3) is 0 Å². The molecule has 1 amide bonds. The molecular formula is C25H24N2O3. The SMILES string of the molecule is O=C(c1ccc(COc2ccccc2)cc1)N1CC2CC(C1)c1cccc(=O)n1C2. The first kappa shape index (κ1) is 18.7. The molecule has 2 aliphatic rings. The Balaban J connectivity index is 1.27. The topological polar surface area (TPSA) is 51.5 Å². The van der Waals surface area contributed by atoms with E-state index in [1.165, 1.54) is 0 Å². The van der Waals surface area contributed by atoms with E-state index in [0.29, 0.717) is 37.7 Å². The lowest BCUT2D eigenvalue weighted by Gasteiger charge is -2.42. The van der Waals surface area contributed by atoms with Gasteiger partial charge in [-0.3, -0.25) is 9.59 Å².